The quantitative estimate of drug-likeness (QED) is 0.390. The van der Waals surface area contributed by atoms with Gasteiger partial charge in [-0.2, -0.15) is 0 Å². The molecule has 1 N–H and O–H groups in total. The van der Waals surface area contributed by atoms with Crippen LogP contribution in [0.15, 0.2) is 60.7 Å². The van der Waals surface area contributed by atoms with Crippen molar-refractivity contribution in [2.45, 2.75) is 20.8 Å². The zero-order valence-electron chi connectivity index (χ0n) is 17.3. The van der Waals surface area contributed by atoms with Gasteiger partial charge in [-0.05, 0) is 56.2 Å². The zero-order chi connectivity index (χ0) is 22.1. The van der Waals surface area contributed by atoms with Crippen LogP contribution >= 0.6 is 23.2 Å². The van der Waals surface area contributed by atoms with E-state index in [0.717, 1.165) is 27.9 Å². The average molecular weight is 451 g/mol. The lowest BCUT2D eigenvalue weighted by Crippen LogP contribution is -2.15. The van der Waals surface area contributed by atoms with Crippen molar-refractivity contribution in [1.82, 2.24) is 14.8 Å². The SMILES string of the molecule is Cc1ccc(-c2nc(C(=O)Nc3cc(Cl)ccc3C)nn2-c2cc(Cl)ccc2C)cc1. The standard InChI is InChI=1S/C24H20Cl2N4O/c1-14-4-8-17(9-5-14)23-28-22(24(31)27-20-12-18(25)10-6-15(20)2)29-30(23)21-13-19(26)11-7-16(21)3/h4-13H,1-3H3,(H,27,31). The second kappa shape index (κ2) is 8.53. The van der Waals surface area contributed by atoms with Gasteiger partial charge in [0.25, 0.3) is 5.91 Å². The Morgan fingerprint density at radius 1 is 0.871 bits per heavy atom. The summed E-state index contributed by atoms with van der Waals surface area (Å²) in [5.74, 6) is 0.185. The molecule has 4 aromatic rings. The molecule has 0 bridgehead atoms. The monoisotopic (exact) mass is 450 g/mol. The summed E-state index contributed by atoms with van der Waals surface area (Å²) in [5.41, 5.74) is 5.19. The van der Waals surface area contributed by atoms with Crippen LogP contribution in [0.25, 0.3) is 17.1 Å². The highest BCUT2D eigenvalue weighted by molar-refractivity contribution is 6.31. The molecular weight excluding hydrogens is 431 g/mol. The molecule has 1 aromatic heterocycles. The number of amides is 1. The topological polar surface area (TPSA) is 59.8 Å². The third-order valence-corrected chi connectivity index (χ3v) is 5.44. The summed E-state index contributed by atoms with van der Waals surface area (Å²) < 4.78 is 1.66. The van der Waals surface area contributed by atoms with Crippen LogP contribution in [-0.4, -0.2) is 20.7 Å². The van der Waals surface area contributed by atoms with E-state index in [1.807, 2.05) is 69.3 Å². The maximum atomic E-state index is 13.0. The number of nitrogens with one attached hydrogen (secondary N) is 1. The summed E-state index contributed by atoms with van der Waals surface area (Å²) in [4.78, 5) is 17.6. The Hall–Kier alpha value is -3.15. The van der Waals surface area contributed by atoms with E-state index >= 15 is 0 Å². The van der Waals surface area contributed by atoms with Gasteiger partial charge in [-0.25, -0.2) is 9.67 Å². The predicted octanol–water partition coefficient (Wildman–Crippen LogP) is 6.42. The first-order chi connectivity index (χ1) is 14.8. The van der Waals surface area contributed by atoms with E-state index < -0.39 is 5.91 Å². The maximum absolute atomic E-state index is 13.0. The van der Waals surface area contributed by atoms with Crippen LogP contribution in [0, 0.1) is 20.8 Å². The molecule has 1 amide bonds. The van der Waals surface area contributed by atoms with Crippen molar-refractivity contribution in [3.63, 3.8) is 0 Å². The fourth-order valence-electron chi connectivity index (χ4n) is 3.18. The van der Waals surface area contributed by atoms with Crippen molar-refractivity contribution in [2.24, 2.45) is 0 Å². The zero-order valence-corrected chi connectivity index (χ0v) is 18.8. The molecule has 0 saturated carbocycles. The van der Waals surface area contributed by atoms with Crippen LogP contribution < -0.4 is 5.32 Å². The van der Waals surface area contributed by atoms with Crippen LogP contribution in [0.2, 0.25) is 10.0 Å². The smallest absolute Gasteiger partial charge is 0.295 e. The molecule has 1 heterocycles. The Labute approximate surface area is 190 Å². The van der Waals surface area contributed by atoms with Gasteiger partial charge in [0.2, 0.25) is 5.82 Å². The Morgan fingerprint density at radius 2 is 1.52 bits per heavy atom. The fourth-order valence-corrected chi connectivity index (χ4v) is 3.52. The van der Waals surface area contributed by atoms with E-state index in [1.54, 1.807) is 16.8 Å². The molecule has 0 atom stereocenters. The number of aryl methyl sites for hydroxylation is 3. The first kappa shape index (κ1) is 21.1. The van der Waals surface area contributed by atoms with Gasteiger partial charge in [0.05, 0.1) is 5.69 Å². The number of carbonyl (C=O) groups is 1. The summed E-state index contributed by atoms with van der Waals surface area (Å²) in [7, 11) is 0. The average Bonchev–Trinajstić information content (AvgIpc) is 3.18. The number of nitrogens with zero attached hydrogens (tertiary/aromatic N) is 3. The second-order valence-corrected chi connectivity index (χ2v) is 8.25. The van der Waals surface area contributed by atoms with Gasteiger partial charge >= 0.3 is 0 Å². The first-order valence-electron chi connectivity index (χ1n) is 9.70. The van der Waals surface area contributed by atoms with E-state index in [0.29, 0.717) is 21.6 Å². The van der Waals surface area contributed by atoms with Gasteiger partial charge in [0, 0.05) is 21.3 Å². The summed E-state index contributed by atoms with van der Waals surface area (Å²) in [6.45, 7) is 5.87. The van der Waals surface area contributed by atoms with Gasteiger partial charge in [-0.15, -0.1) is 5.10 Å². The highest BCUT2D eigenvalue weighted by atomic mass is 35.5. The van der Waals surface area contributed by atoms with Gasteiger partial charge in [0.15, 0.2) is 5.82 Å². The Kier molecular flexibility index (Phi) is 5.81. The molecule has 3 aromatic carbocycles. The second-order valence-electron chi connectivity index (χ2n) is 7.38. The normalized spacial score (nSPS) is 10.9. The molecule has 4 rings (SSSR count). The number of benzene rings is 3. The lowest BCUT2D eigenvalue weighted by Gasteiger charge is -2.09. The van der Waals surface area contributed by atoms with Gasteiger partial charge in [-0.3, -0.25) is 4.79 Å². The number of carbonyl (C=O) groups excluding carboxylic acids is 1. The molecule has 0 unspecified atom stereocenters. The number of hydrogen-bond acceptors (Lipinski definition) is 3. The summed E-state index contributed by atoms with van der Waals surface area (Å²) in [6.07, 6.45) is 0. The van der Waals surface area contributed by atoms with E-state index in [4.69, 9.17) is 23.2 Å². The number of hydrogen-bond donors (Lipinski definition) is 1. The van der Waals surface area contributed by atoms with Crippen molar-refractivity contribution in [3.8, 4) is 17.1 Å². The molecular formula is C24H20Cl2N4O. The van der Waals surface area contributed by atoms with Crippen molar-refractivity contribution in [3.05, 3.63) is 93.2 Å². The molecule has 31 heavy (non-hydrogen) atoms. The molecule has 0 spiro atoms. The summed E-state index contributed by atoms with van der Waals surface area (Å²) >= 11 is 12.3. The summed E-state index contributed by atoms with van der Waals surface area (Å²) in [6, 6.07) is 18.8. The number of halogens is 2. The largest absolute Gasteiger partial charge is 0.319 e. The fraction of sp³-hybridized carbons (Fsp3) is 0.125. The molecule has 0 saturated heterocycles. The van der Waals surface area contributed by atoms with Crippen LogP contribution in [-0.2, 0) is 0 Å². The molecule has 0 aliphatic carbocycles. The number of aromatic nitrogens is 3. The highest BCUT2D eigenvalue weighted by Gasteiger charge is 2.20. The van der Waals surface area contributed by atoms with Crippen LogP contribution in [0.4, 0.5) is 5.69 Å². The van der Waals surface area contributed by atoms with Gasteiger partial charge < -0.3 is 5.32 Å². The van der Waals surface area contributed by atoms with E-state index in [9.17, 15) is 4.79 Å². The third-order valence-electron chi connectivity index (χ3n) is 4.97. The number of anilines is 1. The molecule has 156 valence electrons. The van der Waals surface area contributed by atoms with Crippen LogP contribution in [0.3, 0.4) is 0 Å². The molecule has 0 aliphatic rings. The van der Waals surface area contributed by atoms with Crippen LogP contribution in [0.5, 0.6) is 0 Å². The number of rotatable bonds is 4. The predicted molar refractivity (Wildman–Crippen MR) is 125 cm³/mol. The molecule has 5 nitrogen and oxygen atoms in total. The molecule has 0 aliphatic heterocycles. The minimum atomic E-state index is -0.419. The molecule has 7 heteroatoms. The van der Waals surface area contributed by atoms with Gasteiger partial charge in [-0.1, -0.05) is 65.2 Å². The lowest BCUT2D eigenvalue weighted by atomic mass is 10.1. The lowest BCUT2D eigenvalue weighted by molar-refractivity contribution is 0.101. The van der Waals surface area contributed by atoms with Crippen molar-refractivity contribution in [2.75, 3.05) is 5.32 Å². The molecule has 0 fully saturated rings. The van der Waals surface area contributed by atoms with E-state index in [1.165, 1.54) is 0 Å². The minimum absolute atomic E-state index is 0.0503. The Morgan fingerprint density at radius 3 is 2.23 bits per heavy atom. The Bertz CT molecular complexity index is 1280. The highest BCUT2D eigenvalue weighted by Crippen LogP contribution is 2.26. The third kappa shape index (κ3) is 4.48. The van der Waals surface area contributed by atoms with Crippen molar-refractivity contribution >= 4 is 34.8 Å². The van der Waals surface area contributed by atoms with Crippen molar-refractivity contribution < 1.29 is 4.79 Å². The Balaban J connectivity index is 1.81. The van der Waals surface area contributed by atoms with Crippen LogP contribution in [0.1, 0.15) is 27.3 Å². The minimum Gasteiger partial charge on any atom is -0.319 e. The van der Waals surface area contributed by atoms with Crippen molar-refractivity contribution in [1.29, 1.82) is 0 Å². The molecule has 0 radical (unpaired) electrons. The first-order valence-corrected chi connectivity index (χ1v) is 10.5. The van der Waals surface area contributed by atoms with E-state index in [2.05, 4.69) is 15.4 Å². The maximum Gasteiger partial charge on any atom is 0.295 e. The van der Waals surface area contributed by atoms with E-state index in [-0.39, 0.29) is 5.82 Å². The van der Waals surface area contributed by atoms with Gasteiger partial charge in [0.1, 0.15) is 0 Å². The summed E-state index contributed by atoms with van der Waals surface area (Å²) in [5, 5.41) is 8.50.